The molecule has 3 aliphatic rings. The Balaban J connectivity index is 1.77. The number of rotatable bonds is 9. The monoisotopic (exact) mass is 488 g/mol. The van der Waals surface area contributed by atoms with E-state index in [9.17, 15) is 19.5 Å². The lowest BCUT2D eigenvalue weighted by atomic mass is 9.71. The van der Waals surface area contributed by atoms with E-state index in [1.54, 1.807) is 68.0 Å². The highest BCUT2D eigenvalue weighted by Gasteiger charge is 2.74. The fourth-order valence-electron chi connectivity index (χ4n) is 5.80. The number of aliphatic hydroxyl groups excluding tert-OH is 1. The molecule has 2 bridgehead atoms. The minimum absolute atomic E-state index is 0.0521. The number of carbonyl (C=O) groups excluding carboxylic acids is 3. The third-order valence-electron chi connectivity index (χ3n) is 7.23. The van der Waals surface area contributed by atoms with Crippen LogP contribution in [-0.2, 0) is 19.1 Å². The van der Waals surface area contributed by atoms with E-state index in [4.69, 9.17) is 9.47 Å². The molecule has 0 radical (unpaired) electrons. The maximum Gasteiger partial charge on any atom is 0.310 e. The van der Waals surface area contributed by atoms with E-state index in [0.717, 1.165) is 6.42 Å². The fraction of sp³-hybridized carbons (Fsp3) is 0.560. The first kappa shape index (κ1) is 24.6. The smallest absolute Gasteiger partial charge is 0.310 e. The van der Waals surface area contributed by atoms with Crippen LogP contribution in [0.5, 0.6) is 5.75 Å². The summed E-state index contributed by atoms with van der Waals surface area (Å²) in [5, 5.41) is 9.92. The highest BCUT2D eigenvalue weighted by atomic mass is 32.2. The van der Waals surface area contributed by atoms with Crippen LogP contribution >= 0.6 is 11.8 Å². The number of methoxy groups -OCH3 is 1. The van der Waals surface area contributed by atoms with Crippen LogP contribution in [0.15, 0.2) is 36.9 Å². The topological polar surface area (TPSA) is 96.4 Å². The van der Waals surface area contributed by atoms with Gasteiger partial charge in [0.2, 0.25) is 5.91 Å². The van der Waals surface area contributed by atoms with E-state index < -0.39 is 28.7 Å². The van der Waals surface area contributed by atoms with E-state index >= 15 is 0 Å². The highest BCUT2D eigenvalue weighted by molar-refractivity contribution is 8.02. The largest absolute Gasteiger partial charge is 0.497 e. The summed E-state index contributed by atoms with van der Waals surface area (Å²) in [6.07, 6.45) is 3.05. The molecule has 6 atom stereocenters. The van der Waals surface area contributed by atoms with Gasteiger partial charge < -0.3 is 24.4 Å². The predicted octanol–water partition coefficient (Wildman–Crippen LogP) is 2.25. The predicted molar refractivity (Wildman–Crippen MR) is 130 cm³/mol. The molecule has 3 fully saturated rings. The first-order chi connectivity index (χ1) is 16.3. The molecular formula is C25H32N2O6S. The van der Waals surface area contributed by atoms with Crippen molar-refractivity contribution in [3.8, 4) is 5.75 Å². The Labute approximate surface area is 204 Å². The molecule has 9 heteroatoms. The van der Waals surface area contributed by atoms with Gasteiger partial charge in [0.1, 0.15) is 11.8 Å². The van der Waals surface area contributed by atoms with Crippen molar-refractivity contribution >= 4 is 35.2 Å². The Kier molecular flexibility index (Phi) is 6.96. The number of ether oxygens (including phenoxy) is 2. The van der Waals surface area contributed by atoms with Crippen LogP contribution in [-0.4, -0.2) is 76.7 Å². The Hall–Kier alpha value is -2.52. The standard InChI is InChI=1S/C25H32N2O6S/c1-5-13-26(16-7-9-17(32-4)10-8-16)23(30)21-25-12-11-18(34-25)19(24(31)33-6-2)20(25)22(29)27(21)15(3)14-28/h5,7-10,15,18-21,28H,1,6,11-14H2,2-4H3/t15-,18+,19-,20+,21?,25?/m1/s1. The maximum absolute atomic E-state index is 14.2. The summed E-state index contributed by atoms with van der Waals surface area (Å²) in [6, 6.07) is 5.79. The number of carbonyl (C=O) groups is 3. The zero-order chi connectivity index (χ0) is 24.6. The molecule has 34 heavy (non-hydrogen) atoms. The van der Waals surface area contributed by atoms with E-state index in [0.29, 0.717) is 17.9 Å². The number of anilines is 1. The molecule has 3 heterocycles. The Morgan fingerprint density at radius 2 is 2.09 bits per heavy atom. The summed E-state index contributed by atoms with van der Waals surface area (Å²) in [6.45, 7) is 7.52. The molecule has 3 aliphatic heterocycles. The lowest BCUT2D eigenvalue weighted by Crippen LogP contribution is -2.57. The van der Waals surface area contributed by atoms with Crippen molar-refractivity contribution in [2.45, 2.75) is 48.8 Å². The number of amides is 2. The molecule has 1 spiro atoms. The van der Waals surface area contributed by atoms with Gasteiger partial charge in [-0.25, -0.2) is 0 Å². The summed E-state index contributed by atoms with van der Waals surface area (Å²) < 4.78 is 9.85. The number of fused-ring (bicyclic) bond motifs is 1. The Bertz CT molecular complexity index is 969. The number of hydrogen-bond donors (Lipinski definition) is 1. The molecule has 1 aromatic carbocycles. The molecule has 2 unspecified atom stereocenters. The molecule has 3 saturated heterocycles. The van der Waals surface area contributed by atoms with Gasteiger partial charge in [-0.3, -0.25) is 14.4 Å². The van der Waals surface area contributed by atoms with Crippen LogP contribution in [0.3, 0.4) is 0 Å². The number of likely N-dealkylation sites (tertiary alicyclic amines) is 1. The van der Waals surface area contributed by atoms with Gasteiger partial charge in [0.05, 0.1) is 42.9 Å². The number of thioether (sulfide) groups is 1. The molecule has 184 valence electrons. The van der Waals surface area contributed by atoms with E-state index in [2.05, 4.69) is 6.58 Å². The van der Waals surface area contributed by atoms with E-state index in [-0.39, 0.29) is 42.8 Å². The van der Waals surface area contributed by atoms with Crippen LogP contribution in [0.2, 0.25) is 0 Å². The molecule has 1 aromatic rings. The van der Waals surface area contributed by atoms with Crippen LogP contribution in [0.4, 0.5) is 5.69 Å². The van der Waals surface area contributed by atoms with Crippen molar-refractivity contribution in [2.24, 2.45) is 11.8 Å². The Morgan fingerprint density at radius 1 is 1.38 bits per heavy atom. The summed E-state index contributed by atoms with van der Waals surface area (Å²) in [5.41, 5.74) is 0.661. The third kappa shape index (κ3) is 3.69. The molecule has 2 amide bonds. The SMILES string of the molecule is C=CCN(C(=O)C1N([C@H](C)CO)C(=O)[C@@H]2[C@H](C(=O)OCC)[C@@H]3CCC12S3)c1ccc(OC)cc1. The summed E-state index contributed by atoms with van der Waals surface area (Å²) >= 11 is 1.58. The van der Waals surface area contributed by atoms with Gasteiger partial charge in [-0.05, 0) is 51.0 Å². The Morgan fingerprint density at radius 3 is 2.68 bits per heavy atom. The fourth-order valence-corrected chi connectivity index (χ4v) is 7.99. The lowest BCUT2D eigenvalue weighted by molar-refractivity contribution is -0.154. The second-order valence-corrected chi connectivity index (χ2v) is 10.6. The number of nitrogens with zero attached hydrogens (tertiary/aromatic N) is 2. The average molecular weight is 489 g/mol. The number of aliphatic hydroxyl groups is 1. The molecule has 0 saturated carbocycles. The first-order valence-electron chi connectivity index (χ1n) is 11.7. The number of hydrogen-bond acceptors (Lipinski definition) is 7. The second kappa shape index (κ2) is 9.62. The zero-order valence-electron chi connectivity index (χ0n) is 19.8. The zero-order valence-corrected chi connectivity index (χ0v) is 20.6. The molecular weight excluding hydrogens is 456 g/mol. The van der Waals surface area contributed by atoms with Gasteiger partial charge in [-0.1, -0.05) is 6.08 Å². The van der Waals surface area contributed by atoms with Crippen molar-refractivity contribution < 1.29 is 29.0 Å². The summed E-state index contributed by atoms with van der Waals surface area (Å²) in [5.74, 6) is -1.41. The molecule has 4 rings (SSSR count). The molecule has 1 N–H and O–H groups in total. The second-order valence-electron chi connectivity index (χ2n) is 9.02. The van der Waals surface area contributed by atoms with Crippen LogP contribution in [0.25, 0.3) is 0 Å². The summed E-state index contributed by atoms with van der Waals surface area (Å²) in [7, 11) is 1.58. The maximum atomic E-state index is 14.2. The van der Waals surface area contributed by atoms with Crippen LogP contribution in [0, 0.1) is 11.8 Å². The van der Waals surface area contributed by atoms with E-state index in [1.807, 2.05) is 0 Å². The quantitative estimate of drug-likeness (QED) is 0.421. The molecule has 0 aliphatic carbocycles. The van der Waals surface area contributed by atoms with Crippen molar-refractivity contribution in [2.75, 3.05) is 31.8 Å². The summed E-state index contributed by atoms with van der Waals surface area (Å²) in [4.78, 5) is 44.0. The highest BCUT2D eigenvalue weighted by Crippen LogP contribution is 2.67. The number of esters is 1. The third-order valence-corrected chi connectivity index (χ3v) is 9.18. The van der Waals surface area contributed by atoms with Crippen molar-refractivity contribution in [1.82, 2.24) is 4.90 Å². The molecule has 0 aromatic heterocycles. The normalized spacial score (nSPS) is 30.1. The van der Waals surface area contributed by atoms with Crippen molar-refractivity contribution in [3.63, 3.8) is 0 Å². The van der Waals surface area contributed by atoms with E-state index in [1.165, 1.54) is 4.90 Å². The first-order valence-corrected chi connectivity index (χ1v) is 12.6. The lowest BCUT2D eigenvalue weighted by Gasteiger charge is -2.38. The van der Waals surface area contributed by atoms with Crippen LogP contribution in [0.1, 0.15) is 26.7 Å². The number of benzene rings is 1. The van der Waals surface area contributed by atoms with Crippen LogP contribution < -0.4 is 9.64 Å². The van der Waals surface area contributed by atoms with Gasteiger partial charge in [-0.2, -0.15) is 0 Å². The van der Waals surface area contributed by atoms with Gasteiger partial charge in [0.15, 0.2) is 0 Å². The van der Waals surface area contributed by atoms with Crippen molar-refractivity contribution in [3.05, 3.63) is 36.9 Å². The average Bonchev–Trinajstić information content (AvgIpc) is 3.49. The van der Waals surface area contributed by atoms with Gasteiger partial charge in [0.25, 0.3) is 5.91 Å². The van der Waals surface area contributed by atoms with Gasteiger partial charge >= 0.3 is 5.97 Å². The van der Waals surface area contributed by atoms with Gasteiger partial charge in [0, 0.05) is 17.5 Å². The minimum atomic E-state index is -0.802. The minimum Gasteiger partial charge on any atom is -0.497 e. The van der Waals surface area contributed by atoms with Gasteiger partial charge in [-0.15, -0.1) is 18.3 Å². The van der Waals surface area contributed by atoms with Crippen molar-refractivity contribution in [1.29, 1.82) is 0 Å². The molecule has 8 nitrogen and oxygen atoms in total.